The smallest absolute Gasteiger partial charge is 0.0440 e. The van der Waals surface area contributed by atoms with Crippen LogP contribution < -0.4 is 0 Å². The molecule has 0 aliphatic carbocycles. The first kappa shape index (κ1) is 30.7. The minimum Gasteiger partial charge on any atom is -0.134 e. The quantitative estimate of drug-likeness (QED) is 0.122. The van der Waals surface area contributed by atoms with E-state index in [0.29, 0.717) is 0 Å². The van der Waals surface area contributed by atoms with Gasteiger partial charge in [0.15, 0.2) is 0 Å². The van der Waals surface area contributed by atoms with E-state index in [9.17, 15) is 0 Å². The van der Waals surface area contributed by atoms with Gasteiger partial charge < -0.3 is 0 Å². The van der Waals surface area contributed by atoms with Crippen LogP contribution in [-0.4, -0.2) is 0 Å². The van der Waals surface area contributed by atoms with E-state index >= 15 is 0 Å². The molecule has 0 atom stereocenters. The summed E-state index contributed by atoms with van der Waals surface area (Å²) >= 11 is 3.86. The van der Waals surface area contributed by atoms with Crippen molar-refractivity contribution in [2.24, 2.45) is 0 Å². The Labute approximate surface area is 330 Å². The molecule has 0 nitrogen and oxygen atoms in total. The van der Waals surface area contributed by atoms with Crippen LogP contribution >= 0.6 is 22.7 Å². The van der Waals surface area contributed by atoms with Crippen molar-refractivity contribution in [2.75, 3.05) is 0 Å². The van der Waals surface area contributed by atoms with Crippen molar-refractivity contribution in [3.8, 4) is 22.3 Å². The summed E-state index contributed by atoms with van der Waals surface area (Å²) in [6.07, 6.45) is 0. The Hall–Kier alpha value is -6.58. The SMILES string of the molecule is c1ccc2c(-c3ccc4c(c3)sc3c5ccccc5c5ccccc5c43)c3ccccc3c(-c3ccc4c(c3)sc3c5ccccc5c5ccccc5c43)c2c1. The zero-order valence-electron chi connectivity index (χ0n) is 30.1. The van der Waals surface area contributed by atoms with Crippen molar-refractivity contribution >= 4 is 128 Å². The molecule has 11 aromatic carbocycles. The van der Waals surface area contributed by atoms with Gasteiger partial charge in [-0.3, -0.25) is 0 Å². The van der Waals surface area contributed by atoms with Gasteiger partial charge in [-0.15, -0.1) is 22.7 Å². The minimum absolute atomic E-state index is 1.26. The van der Waals surface area contributed by atoms with Crippen molar-refractivity contribution in [3.63, 3.8) is 0 Å². The molecule has 2 heterocycles. The van der Waals surface area contributed by atoms with E-state index < -0.39 is 0 Å². The van der Waals surface area contributed by atoms with Crippen LogP contribution in [0.5, 0.6) is 0 Å². The maximum atomic E-state index is 2.45. The van der Waals surface area contributed by atoms with Gasteiger partial charge in [-0.1, -0.05) is 170 Å². The molecule has 2 heteroatoms. The molecule has 0 aliphatic rings. The average Bonchev–Trinajstić information content (AvgIpc) is 3.85. The fourth-order valence-electron chi connectivity index (χ4n) is 9.87. The molecular formula is C54H30S2. The maximum absolute atomic E-state index is 2.45. The minimum atomic E-state index is 1.26. The van der Waals surface area contributed by atoms with Gasteiger partial charge in [-0.25, -0.2) is 0 Å². The van der Waals surface area contributed by atoms with Gasteiger partial charge in [0, 0.05) is 51.1 Å². The van der Waals surface area contributed by atoms with Crippen LogP contribution in [0, 0.1) is 0 Å². The third-order valence-corrected chi connectivity index (χ3v) is 14.6. The molecule has 13 aromatic rings. The summed E-state index contributed by atoms with van der Waals surface area (Å²) < 4.78 is 5.39. The number of hydrogen-bond donors (Lipinski definition) is 0. The topological polar surface area (TPSA) is 0 Å². The van der Waals surface area contributed by atoms with Crippen LogP contribution in [0.4, 0.5) is 0 Å². The summed E-state index contributed by atoms with van der Waals surface area (Å²) in [4.78, 5) is 0. The molecular weight excluding hydrogens is 713 g/mol. The van der Waals surface area contributed by atoms with Crippen molar-refractivity contribution in [1.82, 2.24) is 0 Å². The lowest BCUT2D eigenvalue weighted by atomic mass is 9.85. The molecule has 0 N–H and O–H groups in total. The fraction of sp³-hybridized carbons (Fsp3) is 0. The molecule has 0 saturated carbocycles. The Morgan fingerprint density at radius 1 is 0.232 bits per heavy atom. The van der Waals surface area contributed by atoms with Crippen molar-refractivity contribution in [1.29, 1.82) is 0 Å². The Balaban J connectivity index is 1.07. The zero-order valence-corrected chi connectivity index (χ0v) is 31.8. The normalized spacial score (nSPS) is 12.3. The molecule has 0 bridgehead atoms. The average molecular weight is 743 g/mol. The summed E-state index contributed by atoms with van der Waals surface area (Å²) in [6, 6.07) is 68.1. The Kier molecular flexibility index (Phi) is 6.29. The lowest BCUT2D eigenvalue weighted by Crippen LogP contribution is -1.90. The van der Waals surface area contributed by atoms with Gasteiger partial charge >= 0.3 is 0 Å². The molecule has 0 unspecified atom stereocenters. The highest BCUT2D eigenvalue weighted by Gasteiger charge is 2.20. The van der Waals surface area contributed by atoms with Gasteiger partial charge in [0.05, 0.1) is 0 Å². The van der Waals surface area contributed by atoms with Crippen LogP contribution in [0.25, 0.3) is 127 Å². The Morgan fingerprint density at radius 2 is 0.518 bits per heavy atom. The molecule has 56 heavy (non-hydrogen) atoms. The first-order valence-corrected chi connectivity index (χ1v) is 20.9. The van der Waals surface area contributed by atoms with E-state index in [-0.39, 0.29) is 0 Å². The highest BCUT2D eigenvalue weighted by molar-refractivity contribution is 7.27. The third-order valence-electron chi connectivity index (χ3n) is 12.2. The van der Waals surface area contributed by atoms with Gasteiger partial charge in [-0.2, -0.15) is 0 Å². The zero-order chi connectivity index (χ0) is 36.5. The lowest BCUT2D eigenvalue weighted by molar-refractivity contribution is 1.70. The lowest BCUT2D eigenvalue weighted by Gasteiger charge is -2.18. The van der Waals surface area contributed by atoms with Crippen LogP contribution in [0.1, 0.15) is 0 Å². The summed E-state index contributed by atoms with van der Waals surface area (Å²) in [5, 5.41) is 21.2. The molecule has 0 amide bonds. The Bertz CT molecular complexity index is 3510. The van der Waals surface area contributed by atoms with Gasteiger partial charge in [-0.05, 0) is 88.2 Å². The summed E-state index contributed by atoms with van der Waals surface area (Å²) in [5.41, 5.74) is 5.12. The van der Waals surface area contributed by atoms with Gasteiger partial charge in [0.1, 0.15) is 0 Å². The van der Waals surface area contributed by atoms with Crippen LogP contribution in [0.3, 0.4) is 0 Å². The van der Waals surface area contributed by atoms with E-state index in [1.165, 1.54) is 127 Å². The number of thiophene rings is 2. The van der Waals surface area contributed by atoms with Crippen molar-refractivity contribution < 1.29 is 0 Å². The predicted molar refractivity (Wildman–Crippen MR) is 248 cm³/mol. The van der Waals surface area contributed by atoms with Crippen LogP contribution in [0.15, 0.2) is 182 Å². The van der Waals surface area contributed by atoms with Crippen LogP contribution in [0.2, 0.25) is 0 Å². The van der Waals surface area contributed by atoms with E-state index in [1.807, 2.05) is 22.7 Å². The molecule has 0 saturated heterocycles. The van der Waals surface area contributed by atoms with E-state index in [4.69, 9.17) is 0 Å². The molecule has 2 aromatic heterocycles. The van der Waals surface area contributed by atoms with E-state index in [1.54, 1.807) is 0 Å². The summed E-state index contributed by atoms with van der Waals surface area (Å²) in [5.74, 6) is 0. The Morgan fingerprint density at radius 3 is 0.875 bits per heavy atom. The molecule has 0 spiro atoms. The highest BCUT2D eigenvalue weighted by atomic mass is 32.1. The number of hydrogen-bond acceptors (Lipinski definition) is 2. The molecule has 0 aliphatic heterocycles. The van der Waals surface area contributed by atoms with Gasteiger partial charge in [0.25, 0.3) is 0 Å². The summed E-state index contributed by atoms with van der Waals surface area (Å²) in [6.45, 7) is 0. The predicted octanol–water partition coefficient (Wildman–Crippen LogP) is 16.7. The first-order valence-electron chi connectivity index (χ1n) is 19.3. The van der Waals surface area contributed by atoms with Crippen LogP contribution in [-0.2, 0) is 0 Å². The molecule has 258 valence electrons. The fourth-order valence-corrected chi connectivity index (χ4v) is 12.5. The molecule has 13 rings (SSSR count). The first-order chi connectivity index (χ1) is 27.8. The van der Waals surface area contributed by atoms with E-state index in [0.717, 1.165) is 0 Å². The monoisotopic (exact) mass is 742 g/mol. The standard InChI is InChI=1S/C54H30S2/c1-5-17-37-33(13-1)35-15-3-11-23-43(35)53-51(37)45-27-25-31(29-47(45)55-53)49-39-19-7-9-21-41(39)50(42-22-10-8-20-40(42)49)32-26-28-46-48(30-32)56-54-44-24-12-4-16-36(44)34-14-2-6-18-38(34)52(46)54/h1-30H. The largest absolute Gasteiger partial charge is 0.134 e. The second-order valence-electron chi connectivity index (χ2n) is 15.1. The second-order valence-corrected chi connectivity index (χ2v) is 17.2. The van der Waals surface area contributed by atoms with E-state index in [2.05, 4.69) is 182 Å². The maximum Gasteiger partial charge on any atom is 0.0440 e. The molecule has 0 radical (unpaired) electrons. The van der Waals surface area contributed by atoms with Gasteiger partial charge in [0.2, 0.25) is 0 Å². The third kappa shape index (κ3) is 4.12. The number of benzene rings is 11. The van der Waals surface area contributed by atoms with Crippen molar-refractivity contribution in [2.45, 2.75) is 0 Å². The number of rotatable bonds is 2. The second kappa shape index (κ2) is 11.5. The summed E-state index contributed by atoms with van der Waals surface area (Å²) in [7, 11) is 0. The van der Waals surface area contributed by atoms with Crippen molar-refractivity contribution in [3.05, 3.63) is 182 Å². The number of fused-ring (bicyclic) bond motifs is 18. The highest BCUT2D eigenvalue weighted by Crippen LogP contribution is 2.50. The molecule has 0 fully saturated rings.